The van der Waals surface area contributed by atoms with Gasteiger partial charge in [-0.05, 0) is 36.8 Å². The SMILES string of the molecule is CS(=O)(=O)CCCn1c(CCn2c(=O)n(C3CN(S(=O)O)C3)c3ccncc32)cc2cc(Cl)ccc21. The molecule has 1 N–H and O–H groups in total. The minimum atomic E-state index is -3.07. The van der Waals surface area contributed by atoms with Gasteiger partial charge in [0.05, 0.1) is 29.0 Å². The zero-order chi connectivity index (χ0) is 25.6. The van der Waals surface area contributed by atoms with Gasteiger partial charge in [-0.25, -0.2) is 17.4 Å². The Hall–Kier alpha value is -2.51. The first-order chi connectivity index (χ1) is 17.1. The largest absolute Gasteiger partial charge is 0.344 e. The van der Waals surface area contributed by atoms with Gasteiger partial charge in [-0.2, -0.15) is 4.31 Å². The third-order valence-electron chi connectivity index (χ3n) is 6.62. The molecule has 4 heterocycles. The van der Waals surface area contributed by atoms with Crippen LogP contribution in [0, 0.1) is 0 Å². The molecule has 0 aliphatic carbocycles. The molecule has 3 aromatic heterocycles. The molecule has 1 fully saturated rings. The molecule has 0 amide bonds. The van der Waals surface area contributed by atoms with Crippen LogP contribution in [0.2, 0.25) is 5.02 Å². The molecule has 0 saturated carbocycles. The Balaban J connectivity index is 1.46. The highest BCUT2D eigenvalue weighted by Crippen LogP contribution is 2.27. The second kappa shape index (κ2) is 9.75. The van der Waals surface area contributed by atoms with Gasteiger partial charge in [-0.15, -0.1) is 0 Å². The van der Waals surface area contributed by atoms with Crippen molar-refractivity contribution in [2.45, 2.75) is 32.0 Å². The van der Waals surface area contributed by atoms with E-state index < -0.39 is 21.1 Å². The summed E-state index contributed by atoms with van der Waals surface area (Å²) in [5.41, 5.74) is 3.20. The van der Waals surface area contributed by atoms with Crippen molar-refractivity contribution in [1.82, 2.24) is 23.0 Å². The van der Waals surface area contributed by atoms with E-state index in [1.807, 2.05) is 24.3 Å². The summed E-state index contributed by atoms with van der Waals surface area (Å²) in [6.07, 6.45) is 5.54. The monoisotopic (exact) mass is 551 g/mol. The third-order valence-corrected chi connectivity index (χ3v) is 8.62. The van der Waals surface area contributed by atoms with Gasteiger partial charge in [-0.1, -0.05) is 11.6 Å². The Morgan fingerprint density at radius 2 is 1.89 bits per heavy atom. The number of benzene rings is 1. The summed E-state index contributed by atoms with van der Waals surface area (Å²) in [6, 6.07) is 9.25. The number of aryl methyl sites for hydroxylation is 3. The molecule has 36 heavy (non-hydrogen) atoms. The number of rotatable bonds is 9. The van der Waals surface area contributed by atoms with Crippen LogP contribution in [-0.2, 0) is 40.6 Å². The van der Waals surface area contributed by atoms with E-state index in [4.69, 9.17) is 11.6 Å². The maximum Gasteiger partial charge on any atom is 0.329 e. The van der Waals surface area contributed by atoms with Crippen LogP contribution in [0.25, 0.3) is 21.9 Å². The molecule has 13 heteroatoms. The highest BCUT2D eigenvalue weighted by atomic mass is 35.5. The molecule has 0 spiro atoms. The fourth-order valence-corrected chi connectivity index (χ4v) is 6.32. The number of fused-ring (bicyclic) bond motifs is 2. The lowest BCUT2D eigenvalue weighted by molar-refractivity contribution is 0.200. The predicted octanol–water partition coefficient (Wildman–Crippen LogP) is 2.48. The maximum absolute atomic E-state index is 13.5. The average molecular weight is 552 g/mol. The van der Waals surface area contributed by atoms with Crippen molar-refractivity contribution in [2.75, 3.05) is 25.1 Å². The number of nitrogens with zero attached hydrogens (tertiary/aromatic N) is 5. The fraction of sp³-hybridized carbons (Fsp3) is 0.391. The van der Waals surface area contributed by atoms with Gasteiger partial charge >= 0.3 is 5.69 Å². The van der Waals surface area contributed by atoms with E-state index >= 15 is 0 Å². The number of imidazole rings is 1. The van der Waals surface area contributed by atoms with E-state index in [0.717, 1.165) is 22.1 Å². The number of pyridine rings is 1. The van der Waals surface area contributed by atoms with Crippen molar-refractivity contribution in [1.29, 1.82) is 0 Å². The fourth-order valence-electron chi connectivity index (χ4n) is 4.88. The molecule has 5 rings (SSSR count). The molecule has 4 aromatic rings. The lowest BCUT2D eigenvalue weighted by Gasteiger charge is -2.36. The van der Waals surface area contributed by atoms with E-state index in [-0.39, 0.29) is 17.5 Å². The van der Waals surface area contributed by atoms with Crippen molar-refractivity contribution in [3.05, 3.63) is 63.9 Å². The van der Waals surface area contributed by atoms with Crippen molar-refractivity contribution < 1.29 is 17.2 Å². The predicted molar refractivity (Wildman–Crippen MR) is 140 cm³/mol. The van der Waals surface area contributed by atoms with E-state index in [1.54, 1.807) is 27.6 Å². The second-order valence-corrected chi connectivity index (χ2v) is 12.8. The first-order valence-corrected chi connectivity index (χ1v) is 15.0. The average Bonchev–Trinajstić information content (AvgIpc) is 3.24. The minimum Gasteiger partial charge on any atom is -0.344 e. The molecule has 1 atom stereocenters. The number of sulfone groups is 1. The van der Waals surface area contributed by atoms with Crippen molar-refractivity contribution in [3.63, 3.8) is 0 Å². The summed E-state index contributed by atoms with van der Waals surface area (Å²) in [4.78, 5) is 17.7. The van der Waals surface area contributed by atoms with Crippen LogP contribution in [0.4, 0.5) is 0 Å². The van der Waals surface area contributed by atoms with Crippen LogP contribution in [0.1, 0.15) is 18.2 Å². The highest BCUT2D eigenvalue weighted by Gasteiger charge is 2.34. The molecule has 1 aliphatic heterocycles. The summed E-state index contributed by atoms with van der Waals surface area (Å²) in [6.45, 7) is 1.56. The number of hydrogen-bond donors (Lipinski definition) is 1. The number of halogens is 1. The van der Waals surface area contributed by atoms with E-state index in [0.29, 0.717) is 49.6 Å². The Morgan fingerprint density at radius 1 is 1.11 bits per heavy atom. The molecule has 1 aliphatic rings. The lowest BCUT2D eigenvalue weighted by atomic mass is 10.2. The second-order valence-electron chi connectivity index (χ2n) is 9.12. The Bertz CT molecular complexity index is 1640. The standard InChI is InChI=1S/C23H26ClN5O5S2/c1-36(33,34)10-2-8-27-18(12-16-11-17(24)3-4-20(16)27)6-9-28-22-13-25-7-5-21(22)29(23(28)30)19-14-26(15-19)35(31)32/h3-5,7,11-13,19H,2,6,8-10,14-15H2,1H3,(H,31,32). The molecule has 192 valence electrons. The van der Waals surface area contributed by atoms with E-state index in [2.05, 4.69) is 9.55 Å². The summed E-state index contributed by atoms with van der Waals surface area (Å²) < 4.78 is 50.8. The molecule has 0 radical (unpaired) electrons. The van der Waals surface area contributed by atoms with Crippen LogP contribution in [-0.4, -0.2) is 65.3 Å². The van der Waals surface area contributed by atoms with Crippen molar-refractivity contribution >= 4 is 54.6 Å². The molecule has 1 aromatic carbocycles. The summed E-state index contributed by atoms with van der Waals surface area (Å²) >= 11 is 4.15. The Morgan fingerprint density at radius 3 is 2.61 bits per heavy atom. The smallest absolute Gasteiger partial charge is 0.329 e. The number of hydrogen-bond acceptors (Lipinski definition) is 5. The van der Waals surface area contributed by atoms with Gasteiger partial charge in [0.25, 0.3) is 0 Å². The summed E-state index contributed by atoms with van der Waals surface area (Å²) in [7, 11) is -3.07. The van der Waals surface area contributed by atoms with Gasteiger partial charge in [-0.3, -0.25) is 18.7 Å². The van der Waals surface area contributed by atoms with Crippen molar-refractivity contribution in [2.24, 2.45) is 0 Å². The van der Waals surface area contributed by atoms with Gasteiger partial charge in [0.1, 0.15) is 9.84 Å². The molecule has 10 nitrogen and oxygen atoms in total. The highest BCUT2D eigenvalue weighted by molar-refractivity contribution is 7.90. The first-order valence-electron chi connectivity index (χ1n) is 11.5. The molecule has 0 bridgehead atoms. The van der Waals surface area contributed by atoms with Crippen LogP contribution >= 0.6 is 11.6 Å². The Kier molecular flexibility index (Phi) is 6.81. The zero-order valence-electron chi connectivity index (χ0n) is 19.6. The topological polar surface area (TPSA) is 119 Å². The van der Waals surface area contributed by atoms with Crippen LogP contribution in [0.5, 0.6) is 0 Å². The van der Waals surface area contributed by atoms with E-state index in [9.17, 15) is 22.0 Å². The third kappa shape index (κ3) is 4.88. The normalized spacial score (nSPS) is 16.1. The molecular formula is C23H26ClN5O5S2. The van der Waals surface area contributed by atoms with Gasteiger partial charge in [0.2, 0.25) is 11.3 Å². The quantitative estimate of drug-likeness (QED) is 0.319. The van der Waals surface area contributed by atoms with Gasteiger partial charge in [0.15, 0.2) is 0 Å². The maximum atomic E-state index is 13.5. The number of aromatic nitrogens is 4. The van der Waals surface area contributed by atoms with E-state index in [1.165, 1.54) is 10.6 Å². The first kappa shape index (κ1) is 25.2. The van der Waals surface area contributed by atoms with Gasteiger partial charge < -0.3 is 4.57 Å². The Labute approximate surface area is 215 Å². The molecule has 1 saturated heterocycles. The summed E-state index contributed by atoms with van der Waals surface area (Å²) in [5.74, 6) is 0.0926. The minimum absolute atomic E-state index is 0.0926. The zero-order valence-corrected chi connectivity index (χ0v) is 22.0. The molecular weight excluding hydrogens is 526 g/mol. The van der Waals surface area contributed by atoms with Crippen LogP contribution in [0.3, 0.4) is 0 Å². The summed E-state index contributed by atoms with van der Waals surface area (Å²) in [5, 5.41) is 1.57. The lowest BCUT2D eigenvalue weighted by Crippen LogP contribution is -2.50. The van der Waals surface area contributed by atoms with Crippen molar-refractivity contribution in [3.8, 4) is 0 Å². The van der Waals surface area contributed by atoms with Gasteiger partial charge in [0, 0.05) is 66.7 Å². The van der Waals surface area contributed by atoms with Crippen LogP contribution in [0.15, 0.2) is 47.5 Å². The van der Waals surface area contributed by atoms with Crippen LogP contribution < -0.4 is 5.69 Å². The molecule has 1 unspecified atom stereocenters.